The minimum absolute atomic E-state index is 0.353. The first-order valence-corrected chi connectivity index (χ1v) is 8.07. The van der Waals surface area contributed by atoms with Gasteiger partial charge in [-0.1, -0.05) is 12.1 Å². The van der Waals surface area contributed by atoms with E-state index in [9.17, 15) is 0 Å². The molecule has 2 aromatic rings. The highest BCUT2D eigenvalue weighted by Gasteiger charge is 2.29. The standard InChI is InChI=1S/C17H26N4/c1-12(2)21-9-7-13(8-10-21)14(11-18)17-19-15-5-3-4-6-16(15)20-17/h3-6,12-14H,7-11,18H2,1-2H3,(H,19,20). The SMILES string of the molecule is CC(C)N1CCC(C(CN)c2nc3ccccc3[nH]2)CC1. The molecule has 1 fully saturated rings. The number of benzene rings is 1. The molecule has 3 N–H and O–H groups in total. The van der Waals surface area contributed by atoms with Crippen molar-refractivity contribution in [1.82, 2.24) is 14.9 Å². The number of H-pyrrole nitrogens is 1. The Morgan fingerprint density at radius 2 is 2.00 bits per heavy atom. The Labute approximate surface area is 126 Å². The van der Waals surface area contributed by atoms with Crippen LogP contribution in [-0.2, 0) is 0 Å². The summed E-state index contributed by atoms with van der Waals surface area (Å²) in [6, 6.07) is 8.87. The summed E-state index contributed by atoms with van der Waals surface area (Å²) in [6.07, 6.45) is 2.44. The van der Waals surface area contributed by atoms with Crippen LogP contribution in [0.2, 0.25) is 0 Å². The average Bonchev–Trinajstić information content (AvgIpc) is 2.92. The van der Waals surface area contributed by atoms with Crippen LogP contribution in [0.5, 0.6) is 0 Å². The number of aromatic amines is 1. The van der Waals surface area contributed by atoms with Crippen molar-refractivity contribution in [1.29, 1.82) is 0 Å². The van der Waals surface area contributed by atoms with Crippen molar-refractivity contribution in [2.24, 2.45) is 11.7 Å². The summed E-state index contributed by atoms with van der Waals surface area (Å²) in [5.74, 6) is 2.07. The molecule has 1 saturated heterocycles. The lowest BCUT2D eigenvalue weighted by atomic mass is 9.83. The van der Waals surface area contributed by atoms with Crippen LogP contribution in [-0.4, -0.2) is 40.5 Å². The lowest BCUT2D eigenvalue weighted by Crippen LogP contribution is -2.40. The summed E-state index contributed by atoms with van der Waals surface area (Å²) in [6.45, 7) is 7.59. The number of hydrogen-bond acceptors (Lipinski definition) is 3. The summed E-state index contributed by atoms with van der Waals surface area (Å²) >= 11 is 0. The number of fused-ring (bicyclic) bond motifs is 1. The van der Waals surface area contributed by atoms with E-state index in [1.807, 2.05) is 12.1 Å². The number of nitrogens with one attached hydrogen (secondary N) is 1. The molecule has 0 spiro atoms. The number of aromatic nitrogens is 2. The number of nitrogens with zero attached hydrogens (tertiary/aromatic N) is 2. The maximum Gasteiger partial charge on any atom is 0.111 e. The zero-order chi connectivity index (χ0) is 14.8. The number of para-hydroxylation sites is 2. The van der Waals surface area contributed by atoms with Crippen LogP contribution in [0.15, 0.2) is 24.3 Å². The molecule has 1 aliphatic heterocycles. The van der Waals surface area contributed by atoms with Gasteiger partial charge in [0.25, 0.3) is 0 Å². The molecule has 1 unspecified atom stereocenters. The molecule has 2 heterocycles. The average molecular weight is 286 g/mol. The maximum absolute atomic E-state index is 6.08. The Morgan fingerprint density at radius 3 is 2.62 bits per heavy atom. The molecule has 3 rings (SSSR count). The minimum atomic E-state index is 0.353. The second-order valence-corrected chi connectivity index (χ2v) is 6.45. The van der Waals surface area contributed by atoms with E-state index in [0.29, 0.717) is 24.4 Å². The predicted molar refractivity (Wildman–Crippen MR) is 87.3 cm³/mol. The maximum atomic E-state index is 6.08. The molecule has 1 atom stereocenters. The first-order valence-electron chi connectivity index (χ1n) is 8.07. The molecular weight excluding hydrogens is 260 g/mol. The van der Waals surface area contributed by atoms with Crippen LogP contribution >= 0.6 is 0 Å². The van der Waals surface area contributed by atoms with E-state index in [-0.39, 0.29) is 0 Å². The van der Waals surface area contributed by atoms with Crippen molar-refractivity contribution < 1.29 is 0 Å². The molecule has 0 bridgehead atoms. The summed E-state index contributed by atoms with van der Waals surface area (Å²) in [5.41, 5.74) is 8.24. The van der Waals surface area contributed by atoms with Crippen molar-refractivity contribution in [3.05, 3.63) is 30.1 Å². The van der Waals surface area contributed by atoms with E-state index in [1.165, 1.54) is 25.9 Å². The highest BCUT2D eigenvalue weighted by Crippen LogP contribution is 2.32. The summed E-state index contributed by atoms with van der Waals surface area (Å²) in [4.78, 5) is 10.8. The van der Waals surface area contributed by atoms with Crippen molar-refractivity contribution in [3.8, 4) is 0 Å². The molecule has 4 nitrogen and oxygen atoms in total. The van der Waals surface area contributed by atoms with Crippen LogP contribution in [0.3, 0.4) is 0 Å². The topological polar surface area (TPSA) is 57.9 Å². The Bertz CT molecular complexity index is 548. The van der Waals surface area contributed by atoms with Crippen LogP contribution in [0, 0.1) is 5.92 Å². The number of likely N-dealkylation sites (tertiary alicyclic amines) is 1. The molecule has 0 saturated carbocycles. The lowest BCUT2D eigenvalue weighted by Gasteiger charge is -2.37. The number of piperidine rings is 1. The third-order valence-electron chi connectivity index (χ3n) is 4.89. The highest BCUT2D eigenvalue weighted by molar-refractivity contribution is 5.74. The Balaban J connectivity index is 1.76. The van der Waals surface area contributed by atoms with Gasteiger partial charge in [0.05, 0.1) is 11.0 Å². The smallest absolute Gasteiger partial charge is 0.111 e. The van der Waals surface area contributed by atoms with Crippen molar-refractivity contribution in [2.75, 3.05) is 19.6 Å². The van der Waals surface area contributed by atoms with E-state index in [0.717, 1.165) is 16.9 Å². The fourth-order valence-corrected chi connectivity index (χ4v) is 3.51. The first kappa shape index (κ1) is 14.5. The number of nitrogens with two attached hydrogens (primary N) is 1. The van der Waals surface area contributed by atoms with Crippen molar-refractivity contribution in [3.63, 3.8) is 0 Å². The van der Waals surface area contributed by atoms with Gasteiger partial charge in [-0.05, 0) is 57.8 Å². The third-order valence-corrected chi connectivity index (χ3v) is 4.89. The van der Waals surface area contributed by atoms with Crippen LogP contribution in [0.25, 0.3) is 11.0 Å². The molecule has 114 valence electrons. The van der Waals surface area contributed by atoms with E-state index in [1.54, 1.807) is 0 Å². The molecule has 1 aliphatic rings. The van der Waals surface area contributed by atoms with Gasteiger partial charge in [-0.2, -0.15) is 0 Å². The van der Waals surface area contributed by atoms with Gasteiger partial charge in [-0.25, -0.2) is 4.98 Å². The zero-order valence-corrected chi connectivity index (χ0v) is 13.0. The fourth-order valence-electron chi connectivity index (χ4n) is 3.51. The molecule has 21 heavy (non-hydrogen) atoms. The van der Waals surface area contributed by atoms with Gasteiger partial charge in [0.1, 0.15) is 5.82 Å². The Kier molecular flexibility index (Phi) is 4.27. The van der Waals surface area contributed by atoms with Crippen molar-refractivity contribution in [2.45, 2.75) is 38.6 Å². The number of hydrogen-bond donors (Lipinski definition) is 2. The van der Waals surface area contributed by atoms with Gasteiger partial charge in [0.2, 0.25) is 0 Å². The van der Waals surface area contributed by atoms with E-state index >= 15 is 0 Å². The van der Waals surface area contributed by atoms with Gasteiger partial charge in [0.15, 0.2) is 0 Å². The van der Waals surface area contributed by atoms with Crippen molar-refractivity contribution >= 4 is 11.0 Å². The molecule has 0 amide bonds. The lowest BCUT2D eigenvalue weighted by molar-refractivity contribution is 0.137. The van der Waals surface area contributed by atoms with Gasteiger partial charge in [-0.3, -0.25) is 0 Å². The van der Waals surface area contributed by atoms with Gasteiger partial charge < -0.3 is 15.6 Å². The Hall–Kier alpha value is -1.39. The monoisotopic (exact) mass is 286 g/mol. The molecule has 0 radical (unpaired) electrons. The molecule has 0 aliphatic carbocycles. The summed E-state index contributed by atoms with van der Waals surface area (Å²) in [5, 5.41) is 0. The van der Waals surface area contributed by atoms with E-state index in [2.05, 4.69) is 35.9 Å². The predicted octanol–water partition coefficient (Wildman–Crippen LogP) is 2.73. The van der Waals surface area contributed by atoms with Crippen LogP contribution in [0.1, 0.15) is 38.4 Å². The van der Waals surface area contributed by atoms with Gasteiger partial charge >= 0.3 is 0 Å². The first-order chi connectivity index (χ1) is 10.2. The number of rotatable bonds is 4. The third kappa shape index (κ3) is 2.97. The second kappa shape index (κ2) is 6.16. The molecule has 1 aromatic carbocycles. The van der Waals surface area contributed by atoms with E-state index < -0.39 is 0 Å². The van der Waals surface area contributed by atoms with Gasteiger partial charge in [-0.15, -0.1) is 0 Å². The Morgan fingerprint density at radius 1 is 1.29 bits per heavy atom. The minimum Gasteiger partial charge on any atom is -0.342 e. The molecule has 4 heteroatoms. The largest absolute Gasteiger partial charge is 0.342 e. The second-order valence-electron chi connectivity index (χ2n) is 6.45. The fraction of sp³-hybridized carbons (Fsp3) is 0.588. The highest BCUT2D eigenvalue weighted by atomic mass is 15.1. The normalized spacial score (nSPS) is 19.4. The summed E-state index contributed by atoms with van der Waals surface area (Å²) < 4.78 is 0. The van der Waals surface area contributed by atoms with Gasteiger partial charge in [0, 0.05) is 18.5 Å². The van der Waals surface area contributed by atoms with Crippen LogP contribution in [0.4, 0.5) is 0 Å². The molecule has 1 aromatic heterocycles. The zero-order valence-electron chi connectivity index (χ0n) is 13.0. The van der Waals surface area contributed by atoms with E-state index in [4.69, 9.17) is 10.7 Å². The van der Waals surface area contributed by atoms with Crippen LogP contribution < -0.4 is 5.73 Å². The quantitative estimate of drug-likeness (QED) is 0.908. The molecular formula is C17H26N4. The summed E-state index contributed by atoms with van der Waals surface area (Å²) in [7, 11) is 0. The number of imidazole rings is 1.